The van der Waals surface area contributed by atoms with Gasteiger partial charge in [0.1, 0.15) is 30.5 Å². The second-order valence-corrected chi connectivity index (χ2v) is 19.0. The molecule has 68 heavy (non-hydrogen) atoms. The highest BCUT2D eigenvalue weighted by molar-refractivity contribution is 5.69. The number of hydrogen-bond donors (Lipinski definition) is 4. The third kappa shape index (κ3) is 39.4. The highest BCUT2D eigenvalue weighted by Crippen LogP contribution is 2.23. The van der Waals surface area contributed by atoms with Gasteiger partial charge in [0.25, 0.3) is 0 Å². The number of unbranched alkanes of at least 4 members (excludes halogenated alkanes) is 25. The lowest BCUT2D eigenvalue weighted by molar-refractivity contribution is -0.305. The molecule has 1 fully saturated rings. The normalized spacial score (nSPS) is 19.6. The Hall–Kier alpha value is -2.37. The molecule has 1 aliphatic heterocycles. The summed E-state index contributed by atoms with van der Waals surface area (Å²) in [6.45, 7) is 4.44. The van der Waals surface area contributed by atoms with Crippen LogP contribution in [-0.4, -0.2) is 89.6 Å². The van der Waals surface area contributed by atoms with Crippen LogP contribution in [0.4, 0.5) is 0 Å². The van der Waals surface area contributed by atoms with Crippen molar-refractivity contribution in [3.05, 3.63) is 72.9 Å². The molecule has 0 aromatic carbocycles. The van der Waals surface area contributed by atoms with Gasteiger partial charge in [0.2, 0.25) is 0 Å². The molecule has 1 heterocycles. The van der Waals surface area contributed by atoms with Gasteiger partial charge in [-0.05, 0) is 83.5 Å². The predicted octanol–water partition coefficient (Wildman–Crippen LogP) is 14.4. The summed E-state index contributed by atoms with van der Waals surface area (Å²) in [7, 11) is 0. The topological polar surface area (TPSA) is 135 Å². The van der Waals surface area contributed by atoms with Crippen LogP contribution in [0.25, 0.3) is 0 Å². The number of aliphatic hydroxyl groups is 4. The van der Waals surface area contributed by atoms with Crippen molar-refractivity contribution in [3.8, 4) is 0 Å². The summed E-state index contributed by atoms with van der Waals surface area (Å²) in [6.07, 6.45) is 59.4. The lowest BCUT2D eigenvalue weighted by Crippen LogP contribution is -2.59. The van der Waals surface area contributed by atoms with Gasteiger partial charge in [-0.15, -0.1) is 0 Å². The smallest absolute Gasteiger partial charge is 0.306 e. The molecule has 0 aliphatic carbocycles. The molecule has 0 aromatic heterocycles. The number of ether oxygens (including phenoxy) is 4. The molecule has 0 spiro atoms. The molecule has 394 valence electrons. The van der Waals surface area contributed by atoms with Crippen LogP contribution in [0.3, 0.4) is 0 Å². The maximum absolute atomic E-state index is 12.9. The molecule has 1 rings (SSSR count). The number of carbonyl (C=O) groups is 1. The quantitative estimate of drug-likeness (QED) is 0.0267. The summed E-state index contributed by atoms with van der Waals surface area (Å²) in [6, 6.07) is 0. The Morgan fingerprint density at radius 3 is 1.37 bits per heavy atom. The van der Waals surface area contributed by atoms with Gasteiger partial charge in [-0.3, -0.25) is 4.79 Å². The molecule has 6 atom stereocenters. The van der Waals surface area contributed by atoms with Crippen LogP contribution in [0, 0.1) is 0 Å². The van der Waals surface area contributed by atoms with Gasteiger partial charge in [0.15, 0.2) is 6.29 Å². The third-order valence-electron chi connectivity index (χ3n) is 12.6. The van der Waals surface area contributed by atoms with Crippen molar-refractivity contribution in [1.29, 1.82) is 0 Å². The van der Waals surface area contributed by atoms with Crippen LogP contribution in [-0.2, 0) is 23.7 Å². The van der Waals surface area contributed by atoms with Crippen LogP contribution < -0.4 is 0 Å². The number of rotatable bonds is 48. The summed E-state index contributed by atoms with van der Waals surface area (Å²) in [5.74, 6) is -0.319. The van der Waals surface area contributed by atoms with E-state index in [1.54, 1.807) is 0 Å². The van der Waals surface area contributed by atoms with Gasteiger partial charge in [0.05, 0.1) is 19.8 Å². The molecule has 1 saturated heterocycles. The van der Waals surface area contributed by atoms with E-state index in [1.165, 1.54) is 135 Å². The number of esters is 1. The Kier molecular flexibility index (Phi) is 46.4. The third-order valence-corrected chi connectivity index (χ3v) is 12.6. The first kappa shape index (κ1) is 63.6. The maximum atomic E-state index is 12.9. The van der Waals surface area contributed by atoms with Crippen LogP contribution in [0.2, 0.25) is 0 Å². The van der Waals surface area contributed by atoms with Crippen molar-refractivity contribution >= 4 is 5.97 Å². The lowest BCUT2D eigenvalue weighted by Gasteiger charge is -2.39. The van der Waals surface area contributed by atoms with Crippen LogP contribution in [0.15, 0.2) is 72.9 Å². The highest BCUT2D eigenvalue weighted by Gasteiger charge is 2.44. The molecule has 6 unspecified atom stereocenters. The Morgan fingerprint density at radius 1 is 0.485 bits per heavy atom. The zero-order chi connectivity index (χ0) is 49.2. The van der Waals surface area contributed by atoms with Crippen LogP contribution in [0.1, 0.15) is 232 Å². The van der Waals surface area contributed by atoms with E-state index in [2.05, 4.69) is 86.8 Å². The number of aliphatic hydroxyl groups excluding tert-OH is 4. The molecule has 0 aromatic rings. The first-order chi connectivity index (χ1) is 33.4. The summed E-state index contributed by atoms with van der Waals surface area (Å²) < 4.78 is 22.9. The lowest BCUT2D eigenvalue weighted by atomic mass is 9.99. The first-order valence-electron chi connectivity index (χ1n) is 28.0. The molecular formula is C59H104O9. The van der Waals surface area contributed by atoms with E-state index >= 15 is 0 Å². The van der Waals surface area contributed by atoms with Gasteiger partial charge in [0, 0.05) is 13.0 Å². The molecule has 9 heteroatoms. The van der Waals surface area contributed by atoms with E-state index in [1.807, 2.05) is 0 Å². The largest absolute Gasteiger partial charge is 0.457 e. The molecule has 0 bridgehead atoms. The van der Waals surface area contributed by atoms with Crippen LogP contribution in [0.5, 0.6) is 0 Å². The van der Waals surface area contributed by atoms with E-state index in [0.717, 1.165) is 77.0 Å². The molecule has 0 saturated carbocycles. The molecule has 0 radical (unpaired) electrons. The fourth-order valence-electron chi connectivity index (χ4n) is 8.28. The zero-order valence-corrected chi connectivity index (χ0v) is 43.6. The van der Waals surface area contributed by atoms with Gasteiger partial charge in [-0.25, -0.2) is 0 Å². The minimum Gasteiger partial charge on any atom is -0.457 e. The number of allylic oxidation sites excluding steroid dienone is 12. The van der Waals surface area contributed by atoms with E-state index in [0.29, 0.717) is 13.0 Å². The minimum atomic E-state index is -1.54. The monoisotopic (exact) mass is 957 g/mol. The van der Waals surface area contributed by atoms with Crippen LogP contribution >= 0.6 is 0 Å². The molecule has 4 N–H and O–H groups in total. The average molecular weight is 957 g/mol. The number of carbonyl (C=O) groups excluding carboxylic acids is 1. The van der Waals surface area contributed by atoms with Gasteiger partial charge in [-0.2, -0.15) is 0 Å². The summed E-state index contributed by atoms with van der Waals surface area (Å²) in [5, 5.41) is 40.3. The van der Waals surface area contributed by atoms with Gasteiger partial charge < -0.3 is 39.4 Å². The van der Waals surface area contributed by atoms with Crippen molar-refractivity contribution in [2.75, 3.05) is 26.4 Å². The van der Waals surface area contributed by atoms with E-state index in [-0.39, 0.29) is 19.2 Å². The molecule has 9 nitrogen and oxygen atoms in total. The molecule has 1 aliphatic rings. The van der Waals surface area contributed by atoms with Crippen molar-refractivity contribution < 1.29 is 44.2 Å². The Bertz CT molecular complexity index is 1270. The second-order valence-electron chi connectivity index (χ2n) is 19.0. The maximum Gasteiger partial charge on any atom is 0.306 e. The van der Waals surface area contributed by atoms with E-state index < -0.39 is 43.4 Å². The van der Waals surface area contributed by atoms with Crippen molar-refractivity contribution in [2.45, 2.75) is 269 Å². The SMILES string of the molecule is CC/C=C\C/C=C\C/C=C\C/C=C\C/C=C\CCCCCCCCCCOCC(COC1OC(CO)C(O)C(O)C1O)OC(=O)CCCCCCCCCCC/C=C\CCCCCCCCCC. The summed E-state index contributed by atoms with van der Waals surface area (Å²) >= 11 is 0. The predicted molar refractivity (Wildman–Crippen MR) is 284 cm³/mol. The van der Waals surface area contributed by atoms with E-state index in [9.17, 15) is 25.2 Å². The minimum absolute atomic E-state index is 0.120. The summed E-state index contributed by atoms with van der Waals surface area (Å²) in [4.78, 5) is 12.9. The summed E-state index contributed by atoms with van der Waals surface area (Å²) in [5.41, 5.74) is 0. The highest BCUT2D eigenvalue weighted by atomic mass is 16.7. The van der Waals surface area contributed by atoms with Gasteiger partial charge >= 0.3 is 5.97 Å². The fraction of sp³-hybridized carbons (Fsp3) is 0.780. The average Bonchev–Trinajstić information content (AvgIpc) is 3.34. The van der Waals surface area contributed by atoms with Crippen molar-refractivity contribution in [3.63, 3.8) is 0 Å². The fourth-order valence-corrected chi connectivity index (χ4v) is 8.28. The van der Waals surface area contributed by atoms with Crippen molar-refractivity contribution in [1.82, 2.24) is 0 Å². The second kappa shape index (κ2) is 49.6. The molecule has 0 amide bonds. The first-order valence-corrected chi connectivity index (χ1v) is 28.0. The van der Waals surface area contributed by atoms with Crippen molar-refractivity contribution in [2.24, 2.45) is 0 Å². The Morgan fingerprint density at radius 2 is 0.897 bits per heavy atom. The Balaban J connectivity index is 2.18. The van der Waals surface area contributed by atoms with Gasteiger partial charge in [-0.1, -0.05) is 215 Å². The number of hydrogen-bond acceptors (Lipinski definition) is 9. The Labute approximate surface area is 417 Å². The van der Waals surface area contributed by atoms with E-state index in [4.69, 9.17) is 18.9 Å². The standard InChI is InChI=1S/C59H104O9/c1-3-5-7-9-11-13-15-17-19-21-23-25-26-27-29-31-33-35-37-39-41-43-45-47-49-65-51-53(52-66-59-58(64)57(63)56(62)54(50-60)68-59)67-55(61)48-46-44-42-40-38-36-34-32-30-28-24-22-20-18-16-14-12-10-8-6-4-2/h5,7,11,13,17,19,22-25,27,29,53-54,56-60,62-64H,3-4,6,8-10,12,14-16,18,20-21,26,28,30-52H2,1-2H3/b7-5-,13-11-,19-17-,24-22-,25-23-,29-27-. The molecular weight excluding hydrogens is 853 g/mol. The zero-order valence-electron chi connectivity index (χ0n) is 43.6.